The minimum atomic E-state index is -0.858. The van der Waals surface area contributed by atoms with Crippen molar-refractivity contribution in [2.45, 2.75) is 39.5 Å². The average molecular weight is 373 g/mol. The van der Waals surface area contributed by atoms with Crippen LogP contribution in [0.5, 0.6) is 0 Å². The Labute approximate surface area is 157 Å². The molecule has 0 heterocycles. The maximum atomic E-state index is 10.3. The van der Waals surface area contributed by atoms with Gasteiger partial charge in [-0.3, -0.25) is 9.79 Å². The number of rotatable bonds is 19. The van der Waals surface area contributed by atoms with E-state index in [-0.39, 0.29) is 13.0 Å². The van der Waals surface area contributed by atoms with E-state index in [1.807, 2.05) is 6.92 Å². The molecule has 0 spiro atoms. The lowest BCUT2D eigenvalue weighted by molar-refractivity contribution is -0.138. The molecule has 26 heavy (non-hydrogen) atoms. The van der Waals surface area contributed by atoms with Crippen molar-refractivity contribution in [2.75, 3.05) is 59.4 Å². The highest BCUT2D eigenvalue weighted by Gasteiger charge is 1.96. The van der Waals surface area contributed by atoms with Crippen LogP contribution in [0.25, 0.3) is 0 Å². The van der Waals surface area contributed by atoms with Gasteiger partial charge in [0.25, 0.3) is 0 Å². The molecule has 0 rings (SSSR count). The van der Waals surface area contributed by atoms with Crippen molar-refractivity contribution in [2.24, 2.45) is 4.99 Å². The first-order valence-electron chi connectivity index (χ1n) is 9.34. The van der Waals surface area contributed by atoms with Crippen LogP contribution in [0.1, 0.15) is 39.5 Å². The molecular weight excluding hydrogens is 338 g/mol. The molecule has 0 amide bonds. The lowest BCUT2D eigenvalue weighted by Gasteiger charge is -2.07. The second kappa shape index (κ2) is 20.0. The Kier molecular flexibility index (Phi) is 19.1. The summed E-state index contributed by atoms with van der Waals surface area (Å²) in [5, 5.41) is 8.43. The summed E-state index contributed by atoms with van der Waals surface area (Å²) in [6.45, 7) is 8.59. The Morgan fingerprint density at radius 1 is 0.885 bits per heavy atom. The Bertz CT molecular complexity index is 384. The van der Waals surface area contributed by atoms with Gasteiger partial charge in [0.1, 0.15) is 0 Å². The quantitative estimate of drug-likeness (QED) is 0.213. The zero-order valence-corrected chi connectivity index (χ0v) is 16.3. The Morgan fingerprint density at radius 2 is 1.42 bits per heavy atom. The van der Waals surface area contributed by atoms with Crippen LogP contribution in [-0.2, 0) is 23.7 Å². The van der Waals surface area contributed by atoms with Crippen LogP contribution in [0.2, 0.25) is 0 Å². The number of allylic oxidation sites excluding steroid dienone is 2. The number of nitrogens with zero attached hydrogens (tertiary/aromatic N) is 1. The number of aliphatic carboxylic acids is 1. The van der Waals surface area contributed by atoms with Crippen LogP contribution in [-0.4, -0.2) is 76.2 Å². The molecule has 0 aliphatic heterocycles. The van der Waals surface area contributed by atoms with Crippen LogP contribution >= 0.6 is 0 Å². The lowest BCUT2D eigenvalue weighted by Crippen LogP contribution is -2.13. The van der Waals surface area contributed by atoms with Crippen molar-refractivity contribution in [3.63, 3.8) is 0 Å². The van der Waals surface area contributed by atoms with Crippen molar-refractivity contribution < 1.29 is 28.8 Å². The van der Waals surface area contributed by atoms with Crippen LogP contribution in [0, 0.1) is 0 Å². The third-order valence-electron chi connectivity index (χ3n) is 3.23. The fourth-order valence-corrected chi connectivity index (χ4v) is 1.83. The molecule has 152 valence electrons. The Balaban J connectivity index is 3.23. The molecule has 0 unspecified atom stereocenters. The fraction of sp³-hybridized carbons (Fsp3) is 0.789. The van der Waals surface area contributed by atoms with Gasteiger partial charge in [0.2, 0.25) is 0 Å². The van der Waals surface area contributed by atoms with E-state index >= 15 is 0 Å². The number of aliphatic imine (C=N–C) groups is 1. The summed E-state index contributed by atoms with van der Waals surface area (Å²) in [5.74, 6) is -0.858. The number of carbonyl (C=O) groups is 1. The van der Waals surface area contributed by atoms with Gasteiger partial charge in [-0.2, -0.15) is 0 Å². The number of carboxylic acid groups (broad SMARTS) is 1. The maximum absolute atomic E-state index is 10.3. The normalized spacial score (nSPS) is 12.2. The van der Waals surface area contributed by atoms with E-state index in [4.69, 9.17) is 24.1 Å². The van der Waals surface area contributed by atoms with Gasteiger partial charge in [-0.25, -0.2) is 0 Å². The van der Waals surface area contributed by atoms with E-state index in [0.29, 0.717) is 52.8 Å². The highest BCUT2D eigenvalue weighted by molar-refractivity contribution is 5.83. The lowest BCUT2D eigenvalue weighted by atomic mass is 10.2. The highest BCUT2D eigenvalue weighted by Crippen LogP contribution is 1.94. The molecule has 0 bridgehead atoms. The molecule has 0 aromatic heterocycles. The van der Waals surface area contributed by atoms with Gasteiger partial charge in [-0.15, -0.1) is 0 Å². The van der Waals surface area contributed by atoms with Crippen molar-refractivity contribution in [3.05, 3.63) is 12.2 Å². The topological polar surface area (TPSA) is 86.6 Å². The zero-order valence-electron chi connectivity index (χ0n) is 16.3. The molecule has 0 saturated heterocycles. The molecule has 0 aliphatic rings. The van der Waals surface area contributed by atoms with Crippen LogP contribution in [0.15, 0.2) is 17.1 Å². The molecule has 7 heteroatoms. The molecular formula is C19H35NO6. The predicted octanol–water partition coefficient (Wildman–Crippen LogP) is 2.73. The summed E-state index contributed by atoms with van der Waals surface area (Å²) < 4.78 is 21.2. The largest absolute Gasteiger partial charge is 0.481 e. The molecule has 7 nitrogen and oxygen atoms in total. The summed E-state index contributed by atoms with van der Waals surface area (Å²) in [6, 6.07) is 0. The van der Waals surface area contributed by atoms with Gasteiger partial charge < -0.3 is 24.1 Å². The van der Waals surface area contributed by atoms with Gasteiger partial charge >= 0.3 is 5.97 Å². The molecule has 0 radical (unpaired) electrons. The summed E-state index contributed by atoms with van der Waals surface area (Å²) in [5.41, 5.74) is 1.13. The molecule has 0 aromatic rings. The predicted molar refractivity (Wildman–Crippen MR) is 102 cm³/mol. The van der Waals surface area contributed by atoms with Gasteiger partial charge in [-0.1, -0.05) is 25.5 Å². The first-order chi connectivity index (χ1) is 12.7. The minimum absolute atomic E-state index is 0.0179. The van der Waals surface area contributed by atoms with Gasteiger partial charge in [0, 0.05) is 12.1 Å². The molecule has 0 aromatic carbocycles. The summed E-state index contributed by atoms with van der Waals surface area (Å²) in [6.07, 6.45) is 7.60. The fourth-order valence-electron chi connectivity index (χ4n) is 1.83. The highest BCUT2D eigenvalue weighted by atomic mass is 16.6. The average Bonchev–Trinajstić information content (AvgIpc) is 2.61. The standard InChI is InChI=1S/C19H35NO6/c1-3-4-5-6-7-18(2)20-9-11-24-13-15-26-17-16-25-14-12-23-10-8-19(21)22/h5-6H,3-4,7-17H2,1-2H3,(H,21,22)/b6-5+,20-18-. The molecule has 0 saturated carbocycles. The minimum Gasteiger partial charge on any atom is -0.481 e. The molecule has 1 N–H and O–H groups in total. The first kappa shape index (κ1) is 24.7. The Morgan fingerprint density at radius 3 is 1.96 bits per heavy atom. The van der Waals surface area contributed by atoms with Crippen molar-refractivity contribution in [1.29, 1.82) is 0 Å². The van der Waals surface area contributed by atoms with Crippen LogP contribution < -0.4 is 0 Å². The second-order valence-corrected chi connectivity index (χ2v) is 5.67. The maximum Gasteiger partial charge on any atom is 0.305 e. The molecule has 0 atom stereocenters. The Hall–Kier alpha value is -1.28. The third kappa shape index (κ3) is 20.8. The number of hydrogen-bond acceptors (Lipinski definition) is 6. The number of hydrogen-bond donors (Lipinski definition) is 1. The van der Waals surface area contributed by atoms with E-state index in [1.54, 1.807) is 0 Å². The van der Waals surface area contributed by atoms with Crippen molar-refractivity contribution in [1.82, 2.24) is 0 Å². The van der Waals surface area contributed by atoms with Crippen molar-refractivity contribution >= 4 is 11.7 Å². The van der Waals surface area contributed by atoms with Gasteiger partial charge in [0.15, 0.2) is 0 Å². The summed E-state index contributed by atoms with van der Waals surface area (Å²) >= 11 is 0. The summed E-state index contributed by atoms with van der Waals surface area (Å²) in [7, 11) is 0. The smallest absolute Gasteiger partial charge is 0.305 e. The van der Waals surface area contributed by atoms with E-state index in [0.717, 1.165) is 18.6 Å². The van der Waals surface area contributed by atoms with E-state index in [1.165, 1.54) is 6.42 Å². The number of ether oxygens (including phenoxy) is 4. The zero-order chi connectivity index (χ0) is 19.3. The summed E-state index contributed by atoms with van der Waals surface area (Å²) in [4.78, 5) is 14.7. The SMILES string of the molecule is CCC/C=C/C/C(C)=N\CCOCCOCCOCCOCCC(=O)O. The van der Waals surface area contributed by atoms with Gasteiger partial charge in [-0.05, 0) is 13.3 Å². The first-order valence-corrected chi connectivity index (χ1v) is 9.34. The second-order valence-electron chi connectivity index (χ2n) is 5.67. The third-order valence-corrected chi connectivity index (χ3v) is 3.23. The van der Waals surface area contributed by atoms with E-state index in [2.05, 4.69) is 24.1 Å². The van der Waals surface area contributed by atoms with E-state index < -0.39 is 5.97 Å². The number of carboxylic acids is 1. The van der Waals surface area contributed by atoms with Gasteiger partial charge in [0.05, 0.1) is 65.8 Å². The monoisotopic (exact) mass is 373 g/mol. The van der Waals surface area contributed by atoms with Crippen molar-refractivity contribution in [3.8, 4) is 0 Å². The molecule has 0 fully saturated rings. The van der Waals surface area contributed by atoms with Crippen LogP contribution in [0.3, 0.4) is 0 Å². The molecule has 0 aliphatic carbocycles. The number of unbranched alkanes of at least 4 members (excludes halogenated alkanes) is 1. The van der Waals surface area contributed by atoms with Crippen LogP contribution in [0.4, 0.5) is 0 Å². The van der Waals surface area contributed by atoms with E-state index in [9.17, 15) is 4.79 Å².